The van der Waals surface area contributed by atoms with Crippen LogP contribution in [-0.4, -0.2) is 48.9 Å². The number of carbonyl (C=O) groups excluding carboxylic acids is 2. The molecule has 0 aromatic carbocycles. The predicted molar refractivity (Wildman–Crippen MR) is 80.4 cm³/mol. The number of nitrogens with one attached hydrogen (secondary N) is 2. The van der Waals surface area contributed by atoms with E-state index in [1.165, 1.54) is 0 Å². The van der Waals surface area contributed by atoms with Crippen molar-refractivity contribution >= 4 is 11.8 Å². The fourth-order valence-electron chi connectivity index (χ4n) is 2.25. The average molecular weight is 283 g/mol. The van der Waals surface area contributed by atoms with Gasteiger partial charge in [0.15, 0.2) is 0 Å². The van der Waals surface area contributed by atoms with Crippen molar-refractivity contribution in [3.63, 3.8) is 0 Å². The van der Waals surface area contributed by atoms with E-state index in [-0.39, 0.29) is 17.9 Å². The maximum Gasteiger partial charge on any atom is 0.236 e. The molecule has 116 valence electrons. The molecule has 1 aliphatic heterocycles. The lowest BCUT2D eigenvalue weighted by atomic mass is 10.1. The van der Waals surface area contributed by atoms with E-state index in [0.29, 0.717) is 18.9 Å². The molecule has 0 spiro atoms. The molecule has 2 amide bonds. The highest BCUT2D eigenvalue weighted by Crippen LogP contribution is 2.08. The first-order valence-electron chi connectivity index (χ1n) is 7.79. The van der Waals surface area contributed by atoms with E-state index >= 15 is 0 Å². The monoisotopic (exact) mass is 283 g/mol. The Hall–Kier alpha value is -1.10. The minimum atomic E-state index is -0.242. The topological polar surface area (TPSA) is 61.4 Å². The van der Waals surface area contributed by atoms with Gasteiger partial charge in [0.1, 0.15) is 0 Å². The van der Waals surface area contributed by atoms with E-state index < -0.39 is 0 Å². The Morgan fingerprint density at radius 1 is 1.10 bits per heavy atom. The first-order valence-corrected chi connectivity index (χ1v) is 7.79. The van der Waals surface area contributed by atoms with Crippen molar-refractivity contribution < 1.29 is 9.59 Å². The fourth-order valence-corrected chi connectivity index (χ4v) is 2.25. The molecule has 2 N–H and O–H groups in total. The van der Waals surface area contributed by atoms with Gasteiger partial charge < -0.3 is 15.5 Å². The van der Waals surface area contributed by atoms with Gasteiger partial charge in [0, 0.05) is 32.6 Å². The van der Waals surface area contributed by atoms with Gasteiger partial charge in [-0.2, -0.15) is 0 Å². The molecule has 0 aromatic rings. The van der Waals surface area contributed by atoms with Gasteiger partial charge in [0.25, 0.3) is 0 Å². The maximum absolute atomic E-state index is 11.8. The summed E-state index contributed by atoms with van der Waals surface area (Å²) in [6, 6.07) is -0.242. The highest BCUT2D eigenvalue weighted by atomic mass is 16.2. The number of nitrogens with zero attached hydrogens (tertiary/aromatic N) is 1. The van der Waals surface area contributed by atoms with Gasteiger partial charge in [-0.3, -0.25) is 9.59 Å². The Bertz CT molecular complexity index is 312. The molecule has 5 nitrogen and oxygen atoms in total. The summed E-state index contributed by atoms with van der Waals surface area (Å²) in [5.74, 6) is 0.804. The maximum atomic E-state index is 11.8. The number of hydrogen-bond donors (Lipinski definition) is 2. The molecule has 1 heterocycles. The van der Waals surface area contributed by atoms with Crippen LogP contribution in [0.25, 0.3) is 0 Å². The number of carbonyl (C=O) groups is 2. The molecule has 5 heteroatoms. The molecule has 0 aromatic heterocycles. The molecular formula is C15H29N3O2. The molecule has 0 radical (unpaired) electrons. The van der Waals surface area contributed by atoms with Crippen LogP contribution in [0.1, 0.15) is 46.5 Å². The summed E-state index contributed by atoms with van der Waals surface area (Å²) in [5.41, 5.74) is 0. The third-order valence-electron chi connectivity index (χ3n) is 3.66. The van der Waals surface area contributed by atoms with Crippen LogP contribution in [0.2, 0.25) is 0 Å². The minimum absolute atomic E-state index is 0.0132. The Morgan fingerprint density at radius 3 is 2.35 bits per heavy atom. The van der Waals surface area contributed by atoms with Crippen LogP contribution in [0.15, 0.2) is 0 Å². The van der Waals surface area contributed by atoms with Gasteiger partial charge in [-0.25, -0.2) is 0 Å². The summed E-state index contributed by atoms with van der Waals surface area (Å²) in [6.45, 7) is 9.18. The lowest BCUT2D eigenvalue weighted by molar-refractivity contribution is -0.130. The summed E-state index contributed by atoms with van der Waals surface area (Å²) >= 11 is 0. The van der Waals surface area contributed by atoms with Crippen molar-refractivity contribution in [2.24, 2.45) is 5.92 Å². The second kappa shape index (κ2) is 8.95. The van der Waals surface area contributed by atoms with Crippen LogP contribution in [0, 0.1) is 5.92 Å². The van der Waals surface area contributed by atoms with Gasteiger partial charge in [-0.1, -0.05) is 13.8 Å². The second-order valence-corrected chi connectivity index (χ2v) is 5.99. The molecule has 1 aliphatic rings. The van der Waals surface area contributed by atoms with Crippen LogP contribution < -0.4 is 10.6 Å². The van der Waals surface area contributed by atoms with Gasteiger partial charge in [-0.05, 0) is 32.1 Å². The smallest absolute Gasteiger partial charge is 0.236 e. The fraction of sp³-hybridized carbons (Fsp3) is 0.867. The van der Waals surface area contributed by atoms with E-state index in [1.807, 2.05) is 11.8 Å². The molecule has 1 atom stereocenters. The van der Waals surface area contributed by atoms with E-state index in [4.69, 9.17) is 0 Å². The Balaban J connectivity index is 2.10. The predicted octanol–water partition coefficient (Wildman–Crippen LogP) is 1.14. The SMILES string of the molecule is CC(C)CCNC(=O)C(C)NCCC(=O)N1CCCC1. The largest absolute Gasteiger partial charge is 0.355 e. The minimum Gasteiger partial charge on any atom is -0.355 e. The quantitative estimate of drug-likeness (QED) is 0.702. The first-order chi connectivity index (χ1) is 9.50. The lowest BCUT2D eigenvalue weighted by Gasteiger charge is -2.17. The van der Waals surface area contributed by atoms with Crippen molar-refractivity contribution in [1.82, 2.24) is 15.5 Å². The zero-order chi connectivity index (χ0) is 15.0. The molecule has 0 bridgehead atoms. The molecule has 1 saturated heterocycles. The Morgan fingerprint density at radius 2 is 1.75 bits per heavy atom. The van der Waals surface area contributed by atoms with Gasteiger partial charge in [0.05, 0.1) is 6.04 Å². The van der Waals surface area contributed by atoms with E-state index in [1.54, 1.807) is 0 Å². The van der Waals surface area contributed by atoms with Crippen molar-refractivity contribution in [2.45, 2.75) is 52.5 Å². The van der Waals surface area contributed by atoms with Crippen molar-refractivity contribution in [2.75, 3.05) is 26.2 Å². The third kappa shape index (κ3) is 6.37. The van der Waals surface area contributed by atoms with Gasteiger partial charge >= 0.3 is 0 Å². The highest BCUT2D eigenvalue weighted by molar-refractivity contribution is 5.81. The zero-order valence-corrected chi connectivity index (χ0v) is 13.1. The normalized spacial score (nSPS) is 16.5. The lowest BCUT2D eigenvalue weighted by Crippen LogP contribution is -2.43. The first kappa shape index (κ1) is 17.0. The average Bonchev–Trinajstić information content (AvgIpc) is 2.91. The van der Waals surface area contributed by atoms with Crippen LogP contribution in [0.5, 0.6) is 0 Å². The summed E-state index contributed by atoms with van der Waals surface area (Å²) in [7, 11) is 0. The molecule has 1 rings (SSSR count). The summed E-state index contributed by atoms with van der Waals surface area (Å²) in [4.78, 5) is 25.5. The van der Waals surface area contributed by atoms with Crippen molar-refractivity contribution in [3.8, 4) is 0 Å². The van der Waals surface area contributed by atoms with Crippen LogP contribution in [0.4, 0.5) is 0 Å². The van der Waals surface area contributed by atoms with Gasteiger partial charge in [0.2, 0.25) is 11.8 Å². The van der Waals surface area contributed by atoms with E-state index in [9.17, 15) is 9.59 Å². The molecule has 20 heavy (non-hydrogen) atoms. The molecule has 1 unspecified atom stereocenters. The Kier molecular flexibility index (Phi) is 7.59. The number of rotatable bonds is 8. The van der Waals surface area contributed by atoms with Crippen molar-refractivity contribution in [1.29, 1.82) is 0 Å². The molecule has 0 aliphatic carbocycles. The van der Waals surface area contributed by atoms with Crippen LogP contribution >= 0.6 is 0 Å². The molecular weight excluding hydrogens is 254 g/mol. The summed E-state index contributed by atoms with van der Waals surface area (Å²) < 4.78 is 0. The zero-order valence-electron chi connectivity index (χ0n) is 13.1. The second-order valence-electron chi connectivity index (χ2n) is 5.99. The third-order valence-corrected chi connectivity index (χ3v) is 3.66. The van der Waals surface area contributed by atoms with E-state index in [2.05, 4.69) is 24.5 Å². The van der Waals surface area contributed by atoms with Crippen LogP contribution in [0.3, 0.4) is 0 Å². The van der Waals surface area contributed by atoms with Gasteiger partial charge in [-0.15, -0.1) is 0 Å². The standard InChI is InChI=1S/C15H29N3O2/c1-12(2)6-8-17-15(20)13(3)16-9-7-14(19)18-10-4-5-11-18/h12-13,16H,4-11H2,1-3H3,(H,17,20). The number of amides is 2. The van der Waals surface area contributed by atoms with Crippen LogP contribution in [-0.2, 0) is 9.59 Å². The highest BCUT2D eigenvalue weighted by Gasteiger charge is 2.18. The number of hydrogen-bond acceptors (Lipinski definition) is 3. The molecule has 1 fully saturated rings. The molecule has 0 saturated carbocycles. The summed E-state index contributed by atoms with van der Waals surface area (Å²) in [5, 5.41) is 6.03. The number of likely N-dealkylation sites (tertiary alicyclic amines) is 1. The van der Waals surface area contributed by atoms with E-state index in [0.717, 1.165) is 38.9 Å². The summed E-state index contributed by atoms with van der Waals surface area (Å²) in [6.07, 6.45) is 3.71. The Labute approximate surface area is 122 Å². The van der Waals surface area contributed by atoms with Crippen molar-refractivity contribution in [3.05, 3.63) is 0 Å².